The second-order valence-corrected chi connectivity index (χ2v) is 4.59. The van der Waals surface area contributed by atoms with Crippen molar-refractivity contribution in [3.63, 3.8) is 0 Å². The van der Waals surface area contributed by atoms with Gasteiger partial charge >= 0.3 is 5.43 Å². The molecule has 0 spiro atoms. The molecule has 5 heteroatoms. The van der Waals surface area contributed by atoms with Gasteiger partial charge in [-0.1, -0.05) is 0 Å². The highest BCUT2D eigenvalue weighted by Crippen LogP contribution is 2.22. The molecule has 0 saturated heterocycles. The van der Waals surface area contributed by atoms with Crippen LogP contribution >= 0.6 is 38.9 Å². The average Bonchev–Trinajstić information content (AvgIpc) is 2.31. The fourth-order valence-corrected chi connectivity index (χ4v) is 2.01. The first-order chi connectivity index (χ1) is 5.18. The van der Waals surface area contributed by atoms with E-state index in [-0.39, 0.29) is 6.61 Å². The zero-order valence-corrected chi connectivity index (χ0v) is 8.50. The summed E-state index contributed by atoms with van der Waals surface area (Å²) in [4.78, 5) is 11.1. The van der Waals surface area contributed by atoms with E-state index in [9.17, 15) is 4.79 Å². The Bertz CT molecular complexity index is 261. The summed E-state index contributed by atoms with van der Waals surface area (Å²) in [5.41, 5.74) is -0.769. The molecule has 0 bridgehead atoms. The molecule has 0 radical (unpaired) electrons. The Morgan fingerprint density at radius 1 is 1.73 bits per heavy atom. The van der Waals surface area contributed by atoms with E-state index in [1.807, 2.05) is 12.1 Å². The fourth-order valence-electron chi connectivity index (χ4n) is 0.557. The smallest absolute Gasteiger partial charge is 0.404 e. The molecule has 0 atom stereocenters. The van der Waals surface area contributed by atoms with Crippen LogP contribution in [0.15, 0.2) is 15.9 Å². The summed E-state index contributed by atoms with van der Waals surface area (Å²) in [6.45, 7) is 0.249. The van der Waals surface area contributed by atoms with Crippen molar-refractivity contribution in [2.45, 2.75) is 6.61 Å². The molecule has 0 aliphatic carbocycles. The Labute approximate surface area is 81.2 Å². The number of carbonyl (C=O) groups excluding carboxylic acids is 1. The maximum atomic E-state index is 10.2. The van der Waals surface area contributed by atoms with Crippen molar-refractivity contribution >= 4 is 44.3 Å². The van der Waals surface area contributed by atoms with Crippen LogP contribution in [0.3, 0.4) is 0 Å². The summed E-state index contributed by atoms with van der Waals surface area (Å²) < 4.78 is 5.57. The van der Waals surface area contributed by atoms with E-state index in [0.29, 0.717) is 0 Å². The fraction of sp³-hybridized carbons (Fsp3) is 0.167. The molecule has 0 saturated carbocycles. The van der Waals surface area contributed by atoms with E-state index in [0.717, 1.165) is 8.66 Å². The van der Waals surface area contributed by atoms with Gasteiger partial charge in [0, 0.05) is 16.5 Å². The maximum Gasteiger partial charge on any atom is 0.404 e. The molecule has 11 heavy (non-hydrogen) atoms. The van der Waals surface area contributed by atoms with E-state index in [1.54, 1.807) is 0 Å². The van der Waals surface area contributed by atoms with Gasteiger partial charge in [-0.05, 0) is 28.1 Å². The molecular weight excluding hydrogens is 251 g/mol. The van der Waals surface area contributed by atoms with Gasteiger partial charge in [-0.15, -0.1) is 11.3 Å². The number of hydrogen-bond acceptors (Lipinski definition) is 3. The van der Waals surface area contributed by atoms with Crippen molar-refractivity contribution in [1.82, 2.24) is 0 Å². The lowest BCUT2D eigenvalue weighted by molar-refractivity contribution is 0.168. The first-order valence-electron chi connectivity index (χ1n) is 2.75. The lowest BCUT2D eigenvalue weighted by atomic mass is 10.5. The molecule has 0 N–H and O–H groups in total. The molecule has 0 aliphatic heterocycles. The highest BCUT2D eigenvalue weighted by Gasteiger charge is 2.00. The van der Waals surface area contributed by atoms with Crippen molar-refractivity contribution < 1.29 is 9.53 Å². The van der Waals surface area contributed by atoms with Gasteiger partial charge < -0.3 is 4.74 Å². The number of hydrogen-bond donors (Lipinski definition) is 0. The van der Waals surface area contributed by atoms with Crippen LogP contribution in [-0.4, -0.2) is 5.43 Å². The minimum atomic E-state index is -0.769. The lowest BCUT2D eigenvalue weighted by Crippen LogP contribution is -1.91. The van der Waals surface area contributed by atoms with E-state index in [4.69, 9.17) is 11.6 Å². The molecule has 60 valence electrons. The Balaban J connectivity index is 2.45. The topological polar surface area (TPSA) is 26.3 Å². The van der Waals surface area contributed by atoms with Gasteiger partial charge in [0.05, 0.1) is 3.79 Å². The summed E-state index contributed by atoms with van der Waals surface area (Å²) in [7, 11) is 0. The van der Waals surface area contributed by atoms with Crippen LogP contribution in [0.25, 0.3) is 0 Å². The summed E-state index contributed by atoms with van der Waals surface area (Å²) in [6.07, 6.45) is 0. The van der Waals surface area contributed by atoms with Crippen LogP contribution < -0.4 is 0 Å². The third-order valence-corrected chi connectivity index (χ3v) is 2.66. The third-order valence-electron chi connectivity index (χ3n) is 0.957. The average molecular weight is 256 g/mol. The van der Waals surface area contributed by atoms with Crippen molar-refractivity contribution in [2.24, 2.45) is 0 Å². The van der Waals surface area contributed by atoms with E-state index >= 15 is 0 Å². The van der Waals surface area contributed by atoms with Crippen LogP contribution in [0.5, 0.6) is 0 Å². The predicted molar refractivity (Wildman–Crippen MR) is 48.1 cm³/mol. The SMILES string of the molecule is O=C(Cl)OCc1ccc(Br)s1. The van der Waals surface area contributed by atoms with Gasteiger partial charge in [-0.3, -0.25) is 0 Å². The highest BCUT2D eigenvalue weighted by atomic mass is 79.9. The van der Waals surface area contributed by atoms with Gasteiger partial charge in [-0.25, -0.2) is 4.79 Å². The zero-order valence-electron chi connectivity index (χ0n) is 5.34. The van der Waals surface area contributed by atoms with E-state index < -0.39 is 5.43 Å². The van der Waals surface area contributed by atoms with Gasteiger partial charge in [-0.2, -0.15) is 0 Å². The number of thiophene rings is 1. The maximum absolute atomic E-state index is 10.2. The Kier molecular flexibility index (Phi) is 3.36. The monoisotopic (exact) mass is 254 g/mol. The van der Waals surface area contributed by atoms with E-state index in [1.165, 1.54) is 11.3 Å². The van der Waals surface area contributed by atoms with E-state index in [2.05, 4.69) is 20.7 Å². The Morgan fingerprint density at radius 3 is 2.91 bits per heavy atom. The first-order valence-corrected chi connectivity index (χ1v) is 4.73. The molecule has 1 aromatic heterocycles. The Hall–Kier alpha value is -0.0600. The van der Waals surface area contributed by atoms with Crippen LogP contribution in [0.2, 0.25) is 0 Å². The predicted octanol–water partition coefficient (Wildman–Crippen LogP) is 3.39. The Morgan fingerprint density at radius 2 is 2.45 bits per heavy atom. The molecule has 2 nitrogen and oxygen atoms in total. The molecule has 1 heterocycles. The molecule has 0 unspecified atom stereocenters. The van der Waals surface area contributed by atoms with Crippen LogP contribution in [-0.2, 0) is 11.3 Å². The number of ether oxygens (including phenoxy) is 1. The van der Waals surface area contributed by atoms with Gasteiger partial charge in [0.15, 0.2) is 0 Å². The summed E-state index contributed by atoms with van der Waals surface area (Å²) >= 11 is 9.76. The second-order valence-electron chi connectivity index (χ2n) is 1.73. The summed E-state index contributed by atoms with van der Waals surface area (Å²) in [5, 5.41) is 0. The number of carbonyl (C=O) groups is 1. The second kappa shape index (κ2) is 4.09. The van der Waals surface area contributed by atoms with Crippen molar-refractivity contribution in [1.29, 1.82) is 0 Å². The standard InChI is InChI=1S/C6H4BrClO2S/c7-5-2-1-4(11-5)3-10-6(8)9/h1-2H,3H2. The van der Waals surface area contributed by atoms with Crippen LogP contribution in [0, 0.1) is 0 Å². The van der Waals surface area contributed by atoms with Crippen molar-refractivity contribution in [2.75, 3.05) is 0 Å². The van der Waals surface area contributed by atoms with Crippen LogP contribution in [0.4, 0.5) is 4.79 Å². The molecule has 1 aromatic rings. The normalized spacial score (nSPS) is 9.64. The number of halogens is 2. The molecule has 0 fully saturated rings. The van der Waals surface area contributed by atoms with Gasteiger partial charge in [0.25, 0.3) is 0 Å². The third kappa shape index (κ3) is 3.22. The molecular formula is C6H4BrClO2S. The molecule has 1 rings (SSSR count). The number of rotatable bonds is 2. The lowest BCUT2D eigenvalue weighted by Gasteiger charge is -1.94. The molecule has 0 aliphatic rings. The zero-order chi connectivity index (χ0) is 8.27. The largest absolute Gasteiger partial charge is 0.448 e. The molecule has 0 aromatic carbocycles. The van der Waals surface area contributed by atoms with Crippen LogP contribution in [0.1, 0.15) is 4.88 Å². The summed E-state index contributed by atoms with van der Waals surface area (Å²) in [6, 6.07) is 3.76. The van der Waals surface area contributed by atoms with Crippen molar-refractivity contribution in [3.8, 4) is 0 Å². The van der Waals surface area contributed by atoms with Gasteiger partial charge in [0.2, 0.25) is 0 Å². The highest BCUT2D eigenvalue weighted by molar-refractivity contribution is 9.11. The minimum absolute atomic E-state index is 0.249. The van der Waals surface area contributed by atoms with Gasteiger partial charge in [0.1, 0.15) is 6.61 Å². The first kappa shape index (κ1) is 9.03. The molecule has 0 amide bonds. The quantitative estimate of drug-likeness (QED) is 0.757. The van der Waals surface area contributed by atoms with Crippen molar-refractivity contribution in [3.05, 3.63) is 20.8 Å². The summed E-state index contributed by atoms with van der Waals surface area (Å²) in [5.74, 6) is 0. The minimum Gasteiger partial charge on any atom is -0.448 e.